The Kier molecular flexibility index (Phi) is 15.0. The fraction of sp³-hybridized carbons (Fsp3) is 0.489. The number of allylic oxidation sites excluding steroid dienone is 2. The minimum absolute atomic E-state index is 0. The Morgan fingerprint density at radius 2 is 1.34 bits per heavy atom. The number of hydrogen-bond acceptors (Lipinski definition) is 4. The summed E-state index contributed by atoms with van der Waals surface area (Å²) in [7, 11) is 0. The van der Waals surface area contributed by atoms with Crippen LogP contribution in [0.25, 0.3) is 33.2 Å². The Morgan fingerprint density at radius 1 is 0.780 bits per heavy atom. The summed E-state index contributed by atoms with van der Waals surface area (Å²) in [6.45, 7) is 27.7. The van der Waals surface area contributed by atoms with Crippen LogP contribution < -0.4 is 0 Å². The van der Waals surface area contributed by atoms with Gasteiger partial charge in [0.2, 0.25) is 0 Å². The van der Waals surface area contributed by atoms with Crippen molar-refractivity contribution in [1.82, 2.24) is 10.2 Å². The molecule has 4 aromatic rings. The zero-order chi connectivity index (χ0) is 36.8. The van der Waals surface area contributed by atoms with Crippen molar-refractivity contribution >= 4 is 16.6 Å². The second-order valence-corrected chi connectivity index (χ2v) is 16.5. The van der Waals surface area contributed by atoms with E-state index >= 15 is 0 Å². The van der Waals surface area contributed by atoms with Crippen LogP contribution in [0.4, 0.5) is 0 Å². The van der Waals surface area contributed by atoms with Crippen LogP contribution in [-0.4, -0.2) is 21.1 Å². The van der Waals surface area contributed by atoms with E-state index in [1.807, 2.05) is 48.5 Å². The van der Waals surface area contributed by atoms with Crippen LogP contribution in [0.1, 0.15) is 126 Å². The van der Waals surface area contributed by atoms with Gasteiger partial charge in [0, 0.05) is 42.7 Å². The first kappa shape index (κ1) is 43.0. The van der Waals surface area contributed by atoms with Gasteiger partial charge in [-0.3, -0.25) is 4.79 Å². The van der Waals surface area contributed by atoms with Crippen LogP contribution >= 0.6 is 0 Å². The Balaban J connectivity index is 0.000000413. The number of aliphatic hydroxyl groups is 1. The van der Waals surface area contributed by atoms with Crippen LogP contribution in [0.15, 0.2) is 72.5 Å². The summed E-state index contributed by atoms with van der Waals surface area (Å²) in [6, 6.07) is 25.3. The van der Waals surface area contributed by atoms with Gasteiger partial charge in [-0.15, -0.1) is 29.1 Å². The summed E-state index contributed by atoms with van der Waals surface area (Å²) in [5.41, 5.74) is 7.45. The molecule has 0 aliphatic carbocycles. The first-order valence-corrected chi connectivity index (χ1v) is 18.2. The SMILES string of the molecule is CCC(C)(CC)C(=O)/C=C(\O)C(C)(CC)CC.Cc1nnc(-c2[c-]c3ccccc3c(C(C)(C)C)c2)cc1-c1ccc(CC(C)(C)C)cc1.[Ir]. The molecular formula is C45H61IrN2O2-. The summed E-state index contributed by atoms with van der Waals surface area (Å²) < 4.78 is 0. The van der Waals surface area contributed by atoms with Crippen LogP contribution in [0, 0.1) is 29.2 Å². The van der Waals surface area contributed by atoms with E-state index in [2.05, 4.69) is 118 Å². The molecule has 0 saturated carbocycles. The summed E-state index contributed by atoms with van der Waals surface area (Å²) in [5, 5.41) is 21.6. The molecule has 0 fully saturated rings. The Bertz CT molecular complexity index is 1750. The maximum Gasteiger partial charge on any atom is 0.164 e. The Hall–Kier alpha value is -3.14. The largest absolute Gasteiger partial charge is 0.512 e. The molecule has 0 amide bonds. The molecular weight excluding hydrogens is 793 g/mol. The minimum Gasteiger partial charge on any atom is -0.512 e. The molecule has 4 nitrogen and oxygen atoms in total. The molecule has 273 valence electrons. The molecule has 3 aromatic carbocycles. The van der Waals surface area contributed by atoms with Crippen molar-refractivity contribution < 1.29 is 30.0 Å². The summed E-state index contributed by atoms with van der Waals surface area (Å²) in [5.74, 6) is 0.286. The number of hydrogen-bond donors (Lipinski definition) is 1. The number of ketones is 1. The van der Waals surface area contributed by atoms with Crippen molar-refractivity contribution in [3.63, 3.8) is 0 Å². The average Bonchev–Trinajstić information content (AvgIpc) is 3.06. The van der Waals surface area contributed by atoms with Gasteiger partial charge in [-0.05, 0) is 66.5 Å². The van der Waals surface area contributed by atoms with Gasteiger partial charge >= 0.3 is 0 Å². The molecule has 0 spiro atoms. The predicted octanol–water partition coefficient (Wildman–Crippen LogP) is 12.6. The molecule has 1 heterocycles. The normalized spacial score (nSPS) is 12.6. The number of aryl methyl sites for hydroxylation is 1. The molecule has 0 unspecified atom stereocenters. The molecule has 0 aliphatic rings. The van der Waals surface area contributed by atoms with Crippen molar-refractivity contribution in [2.75, 3.05) is 0 Å². The minimum atomic E-state index is -0.337. The third kappa shape index (κ3) is 10.7. The van der Waals surface area contributed by atoms with Crippen LogP contribution in [-0.2, 0) is 36.7 Å². The van der Waals surface area contributed by atoms with Gasteiger partial charge in [-0.1, -0.05) is 143 Å². The van der Waals surface area contributed by atoms with Crippen LogP contribution in [0.3, 0.4) is 0 Å². The van der Waals surface area contributed by atoms with Gasteiger partial charge in [-0.2, -0.15) is 10.2 Å². The van der Waals surface area contributed by atoms with E-state index in [9.17, 15) is 9.90 Å². The second-order valence-electron chi connectivity index (χ2n) is 16.5. The van der Waals surface area contributed by atoms with E-state index < -0.39 is 0 Å². The second kappa shape index (κ2) is 17.4. The van der Waals surface area contributed by atoms with Gasteiger partial charge in [0.25, 0.3) is 0 Å². The van der Waals surface area contributed by atoms with Crippen molar-refractivity contribution in [3.8, 4) is 22.4 Å². The monoisotopic (exact) mass is 854 g/mol. The summed E-state index contributed by atoms with van der Waals surface area (Å²) in [4.78, 5) is 12.2. The topological polar surface area (TPSA) is 63.1 Å². The van der Waals surface area contributed by atoms with Gasteiger partial charge in [-0.25, -0.2) is 0 Å². The van der Waals surface area contributed by atoms with Gasteiger partial charge in [0.1, 0.15) is 5.76 Å². The zero-order valence-corrected chi connectivity index (χ0v) is 35.4. The van der Waals surface area contributed by atoms with E-state index in [0.717, 1.165) is 60.0 Å². The summed E-state index contributed by atoms with van der Waals surface area (Å²) >= 11 is 0. The van der Waals surface area contributed by atoms with Crippen LogP contribution in [0.5, 0.6) is 0 Å². The van der Waals surface area contributed by atoms with E-state index in [1.54, 1.807) is 0 Å². The fourth-order valence-corrected chi connectivity index (χ4v) is 5.96. The number of aliphatic hydroxyl groups excluding tert-OH is 1. The molecule has 4 rings (SSSR count). The average molecular weight is 854 g/mol. The zero-order valence-electron chi connectivity index (χ0n) is 33.0. The maximum atomic E-state index is 12.2. The Morgan fingerprint density at radius 3 is 1.86 bits per heavy atom. The number of carbonyl (C=O) groups excluding carboxylic acids is 1. The van der Waals surface area contributed by atoms with Crippen LogP contribution in [0.2, 0.25) is 0 Å². The maximum absolute atomic E-state index is 12.2. The molecule has 0 saturated heterocycles. The molecule has 1 aromatic heterocycles. The van der Waals surface area contributed by atoms with Crippen molar-refractivity contribution in [2.45, 2.75) is 128 Å². The number of fused-ring (bicyclic) bond motifs is 1. The Labute approximate surface area is 317 Å². The molecule has 50 heavy (non-hydrogen) atoms. The number of nitrogens with zero attached hydrogens (tertiary/aromatic N) is 2. The van der Waals surface area contributed by atoms with Crippen molar-refractivity contribution in [3.05, 3.63) is 95.4 Å². The molecule has 0 aliphatic heterocycles. The molecule has 5 heteroatoms. The van der Waals surface area contributed by atoms with E-state index in [1.165, 1.54) is 28.2 Å². The smallest absolute Gasteiger partial charge is 0.164 e. The predicted molar refractivity (Wildman–Crippen MR) is 209 cm³/mol. The standard InChI is InChI=1S/C30H33N2.C15H28O2.Ir/c1-20-26(22-14-12-21(13-15-22)19-29(2,3)4)18-28(32-31-20)24-16-23-10-8-9-11-25(23)27(17-24)30(5,6)7;1-7-14(5,8-2)12(16)11-13(17)15(6,9-3)10-4;/h8-15,17-18H,19H2,1-7H3;11,16H,7-10H2,1-6H3;/q-1;;/b;12-11-;. The third-order valence-corrected chi connectivity index (χ3v) is 10.4. The summed E-state index contributed by atoms with van der Waals surface area (Å²) in [6.07, 6.45) is 5.82. The van der Waals surface area contributed by atoms with E-state index in [-0.39, 0.29) is 53.3 Å². The number of rotatable bonds is 10. The molecule has 0 atom stereocenters. The molecule has 1 N–H and O–H groups in total. The quantitative estimate of drug-likeness (QED) is 0.0981. The van der Waals surface area contributed by atoms with Crippen molar-refractivity contribution in [2.24, 2.45) is 16.2 Å². The first-order valence-electron chi connectivity index (χ1n) is 18.2. The first-order chi connectivity index (χ1) is 22.8. The van der Waals surface area contributed by atoms with Gasteiger partial charge in [0.05, 0.1) is 5.69 Å². The third-order valence-electron chi connectivity index (χ3n) is 10.4. The van der Waals surface area contributed by atoms with E-state index in [0.29, 0.717) is 0 Å². The number of carbonyl (C=O) groups is 1. The van der Waals surface area contributed by atoms with Gasteiger partial charge < -0.3 is 5.11 Å². The molecule has 0 bridgehead atoms. The van der Waals surface area contributed by atoms with E-state index in [4.69, 9.17) is 0 Å². The van der Waals surface area contributed by atoms with Gasteiger partial charge in [0.15, 0.2) is 5.78 Å². The number of benzene rings is 3. The number of aromatic nitrogens is 2. The molecule has 1 radical (unpaired) electrons. The fourth-order valence-electron chi connectivity index (χ4n) is 5.96. The van der Waals surface area contributed by atoms with Crippen molar-refractivity contribution in [1.29, 1.82) is 0 Å².